The van der Waals surface area contributed by atoms with Gasteiger partial charge in [-0.05, 0) is 24.0 Å². The summed E-state index contributed by atoms with van der Waals surface area (Å²) in [7, 11) is 0. The molecule has 1 aliphatic rings. The van der Waals surface area contributed by atoms with E-state index in [1.54, 1.807) is 6.08 Å². The van der Waals surface area contributed by atoms with Gasteiger partial charge in [-0.2, -0.15) is 0 Å². The van der Waals surface area contributed by atoms with Crippen molar-refractivity contribution in [2.45, 2.75) is 19.4 Å². The lowest BCUT2D eigenvalue weighted by molar-refractivity contribution is -0.116. The van der Waals surface area contributed by atoms with Crippen LogP contribution in [0.15, 0.2) is 42.5 Å². The molecule has 0 bridgehead atoms. The molecule has 1 atom stereocenters. The number of rotatable bonds is 4. The van der Waals surface area contributed by atoms with Gasteiger partial charge in [0.05, 0.1) is 13.2 Å². The number of allylic oxidation sites excluding steroid dienone is 2. The van der Waals surface area contributed by atoms with Crippen molar-refractivity contribution >= 4 is 5.78 Å². The highest BCUT2D eigenvalue weighted by molar-refractivity contribution is 5.90. The molecule has 0 saturated heterocycles. The van der Waals surface area contributed by atoms with Crippen LogP contribution in [0.3, 0.4) is 0 Å². The fourth-order valence-corrected chi connectivity index (χ4v) is 1.87. The van der Waals surface area contributed by atoms with Crippen molar-refractivity contribution in [3.63, 3.8) is 0 Å². The van der Waals surface area contributed by atoms with Crippen LogP contribution in [0.1, 0.15) is 18.4 Å². The molecule has 84 valence electrons. The minimum Gasteiger partial charge on any atom is -0.376 e. The molecular weight excluding hydrogens is 200 g/mol. The van der Waals surface area contributed by atoms with Gasteiger partial charge in [-0.1, -0.05) is 36.4 Å². The molecule has 0 radical (unpaired) electrons. The van der Waals surface area contributed by atoms with E-state index in [0.29, 0.717) is 25.6 Å². The zero-order valence-corrected chi connectivity index (χ0v) is 9.26. The first-order chi connectivity index (χ1) is 7.84. The Morgan fingerprint density at radius 3 is 2.81 bits per heavy atom. The van der Waals surface area contributed by atoms with Gasteiger partial charge < -0.3 is 4.74 Å². The zero-order valence-electron chi connectivity index (χ0n) is 9.26. The van der Waals surface area contributed by atoms with Gasteiger partial charge in [-0.25, -0.2) is 0 Å². The van der Waals surface area contributed by atoms with Crippen molar-refractivity contribution in [2.75, 3.05) is 6.61 Å². The number of hydrogen-bond acceptors (Lipinski definition) is 2. The Kier molecular flexibility index (Phi) is 3.89. The van der Waals surface area contributed by atoms with E-state index in [-0.39, 0.29) is 5.78 Å². The summed E-state index contributed by atoms with van der Waals surface area (Å²) in [5.74, 6) is 0.584. The molecule has 16 heavy (non-hydrogen) atoms. The van der Waals surface area contributed by atoms with Crippen LogP contribution in [0.4, 0.5) is 0 Å². The normalized spacial score (nSPS) is 20.0. The second-order valence-electron chi connectivity index (χ2n) is 4.18. The Balaban J connectivity index is 1.72. The van der Waals surface area contributed by atoms with Crippen LogP contribution in [0, 0.1) is 5.92 Å². The highest BCUT2D eigenvalue weighted by atomic mass is 16.5. The van der Waals surface area contributed by atoms with Crippen molar-refractivity contribution in [1.82, 2.24) is 0 Å². The standard InChI is InChI=1S/C14H16O2/c15-14-8-4-7-13(9-14)11-16-10-12-5-2-1-3-6-12/h1-6,8,13H,7,9-11H2/t13-/m0/s1. The summed E-state index contributed by atoms with van der Waals surface area (Å²) in [5.41, 5.74) is 1.18. The Hall–Kier alpha value is -1.41. The molecule has 1 aromatic carbocycles. The summed E-state index contributed by atoms with van der Waals surface area (Å²) in [6.45, 7) is 1.31. The molecule has 0 aromatic heterocycles. The fraction of sp³-hybridized carbons (Fsp3) is 0.357. The average Bonchev–Trinajstić information content (AvgIpc) is 2.30. The largest absolute Gasteiger partial charge is 0.376 e. The van der Waals surface area contributed by atoms with Crippen molar-refractivity contribution < 1.29 is 9.53 Å². The molecular formula is C14H16O2. The summed E-state index contributed by atoms with van der Waals surface area (Å²) >= 11 is 0. The second kappa shape index (κ2) is 5.61. The SMILES string of the molecule is O=C1C=CC[C@H](COCc2ccccc2)C1. The number of carbonyl (C=O) groups excluding carboxylic acids is 1. The van der Waals surface area contributed by atoms with Gasteiger partial charge in [0.15, 0.2) is 5.78 Å². The second-order valence-corrected chi connectivity index (χ2v) is 4.18. The van der Waals surface area contributed by atoms with Crippen LogP contribution in [0.5, 0.6) is 0 Å². The molecule has 1 aromatic rings. The molecule has 2 heteroatoms. The van der Waals surface area contributed by atoms with Crippen molar-refractivity contribution in [1.29, 1.82) is 0 Å². The first-order valence-corrected chi connectivity index (χ1v) is 5.65. The van der Waals surface area contributed by atoms with Gasteiger partial charge in [0.2, 0.25) is 0 Å². The van der Waals surface area contributed by atoms with E-state index >= 15 is 0 Å². The average molecular weight is 216 g/mol. The maximum atomic E-state index is 11.2. The molecule has 0 heterocycles. The topological polar surface area (TPSA) is 26.3 Å². The van der Waals surface area contributed by atoms with Gasteiger partial charge in [0.25, 0.3) is 0 Å². The summed E-state index contributed by atoms with van der Waals surface area (Å²) < 4.78 is 5.62. The van der Waals surface area contributed by atoms with Gasteiger partial charge in [0.1, 0.15) is 0 Å². The number of ketones is 1. The van der Waals surface area contributed by atoms with Crippen molar-refractivity contribution in [3.05, 3.63) is 48.0 Å². The van der Waals surface area contributed by atoms with E-state index in [0.717, 1.165) is 6.42 Å². The first kappa shape index (κ1) is 11.1. The lowest BCUT2D eigenvalue weighted by Crippen LogP contribution is -2.16. The molecule has 0 saturated carbocycles. The maximum Gasteiger partial charge on any atom is 0.155 e. The quantitative estimate of drug-likeness (QED) is 0.773. The minimum atomic E-state index is 0.222. The molecule has 0 unspecified atom stereocenters. The van der Waals surface area contributed by atoms with Crippen LogP contribution < -0.4 is 0 Å². The molecule has 0 spiro atoms. The Bertz CT molecular complexity index is 368. The number of benzene rings is 1. The van der Waals surface area contributed by atoms with E-state index in [4.69, 9.17) is 4.74 Å². The predicted octanol–water partition coefficient (Wildman–Crippen LogP) is 2.74. The van der Waals surface area contributed by atoms with Crippen molar-refractivity contribution in [3.8, 4) is 0 Å². The first-order valence-electron chi connectivity index (χ1n) is 5.65. The monoisotopic (exact) mass is 216 g/mol. The predicted molar refractivity (Wildman–Crippen MR) is 63.0 cm³/mol. The van der Waals surface area contributed by atoms with Gasteiger partial charge >= 0.3 is 0 Å². The molecule has 0 amide bonds. The van der Waals surface area contributed by atoms with E-state index in [1.165, 1.54) is 5.56 Å². The van der Waals surface area contributed by atoms with Gasteiger partial charge in [-0.15, -0.1) is 0 Å². The third kappa shape index (κ3) is 3.31. The summed E-state index contributed by atoms with van der Waals surface area (Å²) in [5, 5.41) is 0. The Morgan fingerprint density at radius 1 is 1.25 bits per heavy atom. The zero-order chi connectivity index (χ0) is 11.2. The van der Waals surface area contributed by atoms with Crippen LogP contribution in [-0.4, -0.2) is 12.4 Å². The van der Waals surface area contributed by atoms with Gasteiger partial charge in [-0.3, -0.25) is 4.79 Å². The molecule has 0 N–H and O–H groups in total. The van der Waals surface area contributed by atoms with Crippen LogP contribution >= 0.6 is 0 Å². The summed E-state index contributed by atoms with van der Waals surface area (Å²) in [6, 6.07) is 10.1. The smallest absolute Gasteiger partial charge is 0.155 e. The highest BCUT2D eigenvalue weighted by Gasteiger charge is 2.15. The van der Waals surface area contributed by atoms with E-state index in [2.05, 4.69) is 0 Å². The Morgan fingerprint density at radius 2 is 2.06 bits per heavy atom. The summed E-state index contributed by atoms with van der Waals surface area (Å²) in [4.78, 5) is 11.2. The molecule has 2 rings (SSSR count). The molecule has 1 aliphatic carbocycles. The number of carbonyl (C=O) groups is 1. The molecule has 0 aliphatic heterocycles. The lowest BCUT2D eigenvalue weighted by atomic mass is 9.94. The van der Waals surface area contributed by atoms with Gasteiger partial charge in [0, 0.05) is 6.42 Å². The fourth-order valence-electron chi connectivity index (χ4n) is 1.87. The van der Waals surface area contributed by atoms with Crippen LogP contribution in [0.2, 0.25) is 0 Å². The van der Waals surface area contributed by atoms with Crippen molar-refractivity contribution in [2.24, 2.45) is 5.92 Å². The third-order valence-electron chi connectivity index (χ3n) is 2.73. The van der Waals surface area contributed by atoms with E-state index in [9.17, 15) is 4.79 Å². The molecule has 0 fully saturated rings. The number of ether oxygens (including phenoxy) is 1. The Labute approximate surface area is 95.9 Å². The van der Waals surface area contributed by atoms with E-state index < -0.39 is 0 Å². The van der Waals surface area contributed by atoms with E-state index in [1.807, 2.05) is 36.4 Å². The van der Waals surface area contributed by atoms with Crippen LogP contribution in [0.25, 0.3) is 0 Å². The number of hydrogen-bond donors (Lipinski definition) is 0. The highest BCUT2D eigenvalue weighted by Crippen LogP contribution is 2.16. The summed E-state index contributed by atoms with van der Waals surface area (Å²) in [6.07, 6.45) is 5.21. The third-order valence-corrected chi connectivity index (χ3v) is 2.73. The molecule has 2 nitrogen and oxygen atoms in total. The van der Waals surface area contributed by atoms with Crippen LogP contribution in [-0.2, 0) is 16.1 Å². The maximum absolute atomic E-state index is 11.2. The minimum absolute atomic E-state index is 0.222. The lowest BCUT2D eigenvalue weighted by Gasteiger charge is -2.16.